The summed E-state index contributed by atoms with van der Waals surface area (Å²) in [6.07, 6.45) is 1.35. The zero-order valence-corrected chi connectivity index (χ0v) is 12.6. The van der Waals surface area contributed by atoms with Crippen LogP contribution in [0.5, 0.6) is 0 Å². The Morgan fingerprint density at radius 1 is 1.13 bits per heavy atom. The van der Waals surface area contributed by atoms with Crippen molar-refractivity contribution in [2.24, 2.45) is 0 Å². The van der Waals surface area contributed by atoms with Crippen LogP contribution in [0.1, 0.15) is 36.0 Å². The number of benzene rings is 1. The molecule has 0 saturated carbocycles. The first-order valence-electron chi connectivity index (χ1n) is 6.98. The molecular formula is C16H16F2N2O3. The molecule has 1 aromatic carbocycles. The van der Waals surface area contributed by atoms with Gasteiger partial charge in [0.15, 0.2) is 5.76 Å². The van der Waals surface area contributed by atoms with Gasteiger partial charge in [-0.25, -0.2) is 8.78 Å². The number of halogens is 2. The Kier molecular flexibility index (Phi) is 5.10. The summed E-state index contributed by atoms with van der Waals surface area (Å²) in [7, 11) is 0. The molecular weight excluding hydrogens is 306 g/mol. The summed E-state index contributed by atoms with van der Waals surface area (Å²) in [5.74, 6) is -2.38. The van der Waals surface area contributed by atoms with Gasteiger partial charge in [-0.3, -0.25) is 9.59 Å². The molecule has 0 spiro atoms. The number of amides is 2. The van der Waals surface area contributed by atoms with E-state index in [1.807, 2.05) is 0 Å². The molecule has 0 bridgehead atoms. The predicted octanol–water partition coefficient (Wildman–Crippen LogP) is 2.55. The zero-order valence-electron chi connectivity index (χ0n) is 12.6. The molecule has 2 amide bonds. The lowest BCUT2D eigenvalue weighted by atomic mass is 10.1. The average molecular weight is 322 g/mol. The van der Waals surface area contributed by atoms with Crippen molar-refractivity contribution in [3.63, 3.8) is 0 Å². The highest BCUT2D eigenvalue weighted by atomic mass is 19.1. The third-order valence-electron chi connectivity index (χ3n) is 3.27. The highest BCUT2D eigenvalue weighted by Gasteiger charge is 2.21. The topological polar surface area (TPSA) is 71.3 Å². The molecule has 0 aliphatic carbocycles. The fraction of sp³-hybridized carbons (Fsp3) is 0.250. The van der Waals surface area contributed by atoms with Crippen LogP contribution < -0.4 is 10.6 Å². The number of hydrogen-bond acceptors (Lipinski definition) is 3. The summed E-state index contributed by atoms with van der Waals surface area (Å²) in [6.45, 7) is 3.05. The quantitative estimate of drug-likeness (QED) is 0.889. The lowest BCUT2D eigenvalue weighted by Gasteiger charge is -2.19. The molecule has 23 heavy (non-hydrogen) atoms. The fourth-order valence-corrected chi connectivity index (χ4v) is 2.01. The lowest BCUT2D eigenvalue weighted by Crippen LogP contribution is -2.45. The van der Waals surface area contributed by atoms with Crippen LogP contribution in [0.3, 0.4) is 0 Å². The Bertz CT molecular complexity index is 701. The number of nitrogens with one attached hydrogen (secondary N) is 2. The first kappa shape index (κ1) is 16.7. The number of hydrogen-bond donors (Lipinski definition) is 2. The zero-order chi connectivity index (χ0) is 17.0. The molecule has 2 atom stereocenters. The first-order valence-corrected chi connectivity index (χ1v) is 6.98. The average Bonchev–Trinajstić information content (AvgIpc) is 3.01. The van der Waals surface area contributed by atoms with Gasteiger partial charge in [-0.2, -0.15) is 0 Å². The second-order valence-corrected chi connectivity index (χ2v) is 5.07. The number of carbonyl (C=O) groups excluding carboxylic acids is 2. The molecule has 122 valence electrons. The number of carbonyl (C=O) groups is 2. The van der Waals surface area contributed by atoms with E-state index < -0.39 is 35.5 Å². The number of rotatable bonds is 5. The van der Waals surface area contributed by atoms with Crippen molar-refractivity contribution in [3.8, 4) is 0 Å². The number of furan rings is 1. The van der Waals surface area contributed by atoms with Gasteiger partial charge < -0.3 is 15.1 Å². The van der Waals surface area contributed by atoms with Crippen LogP contribution in [0.25, 0.3) is 0 Å². The van der Waals surface area contributed by atoms with Crippen molar-refractivity contribution in [2.75, 3.05) is 0 Å². The second kappa shape index (κ2) is 7.04. The van der Waals surface area contributed by atoms with Gasteiger partial charge in [-0.15, -0.1) is 0 Å². The molecule has 2 N–H and O–H groups in total. The molecule has 0 fully saturated rings. The Labute approximate surface area is 131 Å². The van der Waals surface area contributed by atoms with Gasteiger partial charge in [0.2, 0.25) is 5.91 Å². The van der Waals surface area contributed by atoms with E-state index in [1.165, 1.54) is 25.3 Å². The van der Waals surface area contributed by atoms with E-state index in [2.05, 4.69) is 10.6 Å². The van der Waals surface area contributed by atoms with Gasteiger partial charge in [0.05, 0.1) is 12.3 Å². The van der Waals surface area contributed by atoms with Crippen LogP contribution in [0, 0.1) is 11.6 Å². The normalized spacial score (nSPS) is 13.2. The van der Waals surface area contributed by atoms with Gasteiger partial charge in [-0.1, -0.05) is 6.07 Å². The molecule has 0 radical (unpaired) electrons. The van der Waals surface area contributed by atoms with Crippen molar-refractivity contribution < 1.29 is 22.8 Å². The van der Waals surface area contributed by atoms with Gasteiger partial charge in [0, 0.05) is 11.6 Å². The highest BCUT2D eigenvalue weighted by Crippen LogP contribution is 2.17. The van der Waals surface area contributed by atoms with Crippen molar-refractivity contribution in [1.29, 1.82) is 0 Å². The summed E-state index contributed by atoms with van der Waals surface area (Å²) in [4.78, 5) is 23.8. The van der Waals surface area contributed by atoms with Crippen molar-refractivity contribution in [1.82, 2.24) is 10.6 Å². The fourth-order valence-electron chi connectivity index (χ4n) is 2.01. The van der Waals surface area contributed by atoms with E-state index in [4.69, 9.17) is 4.42 Å². The van der Waals surface area contributed by atoms with Crippen molar-refractivity contribution in [2.45, 2.75) is 25.9 Å². The van der Waals surface area contributed by atoms with Crippen LogP contribution in [0.15, 0.2) is 41.0 Å². The van der Waals surface area contributed by atoms with E-state index in [1.54, 1.807) is 13.0 Å². The maximum absolute atomic E-state index is 13.7. The predicted molar refractivity (Wildman–Crippen MR) is 78.6 cm³/mol. The van der Waals surface area contributed by atoms with E-state index in [0.717, 1.165) is 12.1 Å². The molecule has 0 aliphatic heterocycles. The Morgan fingerprint density at radius 3 is 2.48 bits per heavy atom. The third-order valence-corrected chi connectivity index (χ3v) is 3.27. The minimum atomic E-state index is -0.849. The minimum Gasteiger partial charge on any atom is -0.459 e. The maximum atomic E-state index is 13.7. The van der Waals surface area contributed by atoms with Gasteiger partial charge in [0.25, 0.3) is 5.91 Å². The lowest BCUT2D eigenvalue weighted by molar-refractivity contribution is -0.123. The molecule has 2 aromatic rings. The highest BCUT2D eigenvalue weighted by molar-refractivity contribution is 5.95. The summed E-state index contributed by atoms with van der Waals surface area (Å²) in [5.41, 5.74) is 0.157. The van der Waals surface area contributed by atoms with Gasteiger partial charge in [0.1, 0.15) is 17.7 Å². The van der Waals surface area contributed by atoms with Crippen LogP contribution in [-0.2, 0) is 4.79 Å². The monoisotopic (exact) mass is 322 g/mol. The molecule has 1 heterocycles. The van der Waals surface area contributed by atoms with Crippen LogP contribution >= 0.6 is 0 Å². The molecule has 0 saturated heterocycles. The standard InChI is InChI=1S/C16H16F2N2O3/c1-9(12-6-5-11(17)8-13(12)18)19-15(21)10(2)20-16(22)14-4-3-7-23-14/h3-10H,1-2H3,(H,19,21)(H,20,22). The van der Waals surface area contributed by atoms with E-state index in [9.17, 15) is 18.4 Å². The molecule has 2 rings (SSSR count). The van der Waals surface area contributed by atoms with E-state index >= 15 is 0 Å². The summed E-state index contributed by atoms with van der Waals surface area (Å²) >= 11 is 0. The Balaban J connectivity index is 1.96. The van der Waals surface area contributed by atoms with Crippen LogP contribution in [0.4, 0.5) is 8.78 Å². The SMILES string of the molecule is CC(NC(=O)c1ccco1)C(=O)NC(C)c1ccc(F)cc1F. The maximum Gasteiger partial charge on any atom is 0.287 e. The van der Waals surface area contributed by atoms with Crippen LogP contribution in [0.2, 0.25) is 0 Å². The minimum absolute atomic E-state index is 0.0854. The Morgan fingerprint density at radius 2 is 1.87 bits per heavy atom. The van der Waals surface area contributed by atoms with E-state index in [-0.39, 0.29) is 11.3 Å². The van der Waals surface area contributed by atoms with Gasteiger partial charge >= 0.3 is 0 Å². The molecule has 1 aromatic heterocycles. The summed E-state index contributed by atoms with van der Waals surface area (Å²) in [5, 5.41) is 5.02. The summed E-state index contributed by atoms with van der Waals surface area (Å²) < 4.78 is 31.5. The van der Waals surface area contributed by atoms with E-state index in [0.29, 0.717) is 0 Å². The second-order valence-electron chi connectivity index (χ2n) is 5.07. The summed E-state index contributed by atoms with van der Waals surface area (Å²) in [6, 6.07) is 4.63. The third kappa shape index (κ3) is 4.15. The smallest absolute Gasteiger partial charge is 0.287 e. The first-order chi connectivity index (χ1) is 10.9. The van der Waals surface area contributed by atoms with Gasteiger partial charge in [-0.05, 0) is 32.0 Å². The molecule has 5 nitrogen and oxygen atoms in total. The molecule has 7 heteroatoms. The molecule has 2 unspecified atom stereocenters. The van der Waals surface area contributed by atoms with Crippen LogP contribution in [-0.4, -0.2) is 17.9 Å². The van der Waals surface area contributed by atoms with Crippen molar-refractivity contribution >= 4 is 11.8 Å². The Hall–Kier alpha value is -2.70. The van der Waals surface area contributed by atoms with Crippen molar-refractivity contribution in [3.05, 3.63) is 59.6 Å². The largest absolute Gasteiger partial charge is 0.459 e. The molecule has 0 aliphatic rings.